The van der Waals surface area contributed by atoms with Gasteiger partial charge in [0.2, 0.25) is 0 Å². The number of anilines is 2. The Morgan fingerprint density at radius 3 is 2.46 bits per heavy atom. The SMILES string of the molecule is CCOC(=O)Nc1cccc(OCC(=O)Nc2cccc(Cl)c2)c1. The van der Waals surface area contributed by atoms with E-state index in [1.807, 2.05) is 0 Å². The molecule has 0 saturated heterocycles. The van der Waals surface area contributed by atoms with E-state index in [-0.39, 0.29) is 19.1 Å². The van der Waals surface area contributed by atoms with Crippen LogP contribution in [-0.2, 0) is 9.53 Å². The first-order chi connectivity index (χ1) is 11.6. The van der Waals surface area contributed by atoms with Gasteiger partial charge >= 0.3 is 6.09 Å². The molecule has 6 nitrogen and oxygen atoms in total. The summed E-state index contributed by atoms with van der Waals surface area (Å²) < 4.78 is 10.2. The molecule has 0 unspecified atom stereocenters. The zero-order valence-corrected chi connectivity index (χ0v) is 13.8. The Balaban J connectivity index is 1.87. The smallest absolute Gasteiger partial charge is 0.411 e. The summed E-state index contributed by atoms with van der Waals surface area (Å²) in [6.45, 7) is 1.83. The molecule has 2 aromatic carbocycles. The Morgan fingerprint density at radius 1 is 1.04 bits per heavy atom. The molecular formula is C17H17ClN2O4. The molecule has 0 radical (unpaired) electrons. The molecule has 0 heterocycles. The van der Waals surface area contributed by atoms with Crippen LogP contribution in [-0.4, -0.2) is 25.2 Å². The monoisotopic (exact) mass is 348 g/mol. The van der Waals surface area contributed by atoms with E-state index in [1.54, 1.807) is 55.5 Å². The van der Waals surface area contributed by atoms with Crippen molar-refractivity contribution in [2.75, 3.05) is 23.8 Å². The maximum Gasteiger partial charge on any atom is 0.411 e. The maximum atomic E-state index is 11.9. The average molecular weight is 349 g/mol. The molecule has 0 saturated carbocycles. The highest BCUT2D eigenvalue weighted by Gasteiger charge is 2.06. The summed E-state index contributed by atoms with van der Waals surface area (Å²) in [6.07, 6.45) is -0.548. The molecule has 0 atom stereocenters. The lowest BCUT2D eigenvalue weighted by Gasteiger charge is -2.10. The molecule has 7 heteroatoms. The fourth-order valence-corrected chi connectivity index (χ4v) is 2.05. The number of benzene rings is 2. The molecule has 0 aliphatic rings. The fourth-order valence-electron chi connectivity index (χ4n) is 1.86. The van der Waals surface area contributed by atoms with E-state index in [0.29, 0.717) is 22.1 Å². The van der Waals surface area contributed by atoms with Gasteiger partial charge in [0.1, 0.15) is 5.75 Å². The van der Waals surface area contributed by atoms with Crippen molar-refractivity contribution in [2.24, 2.45) is 0 Å². The van der Waals surface area contributed by atoms with Crippen LogP contribution in [0.1, 0.15) is 6.92 Å². The summed E-state index contributed by atoms with van der Waals surface area (Å²) in [5.74, 6) is 0.131. The van der Waals surface area contributed by atoms with Gasteiger partial charge in [-0.3, -0.25) is 10.1 Å². The number of ether oxygens (including phenoxy) is 2. The molecule has 0 fully saturated rings. The van der Waals surface area contributed by atoms with Crippen molar-refractivity contribution >= 4 is 35.0 Å². The second-order valence-electron chi connectivity index (χ2n) is 4.72. The molecule has 0 bridgehead atoms. The Kier molecular flexibility index (Phi) is 6.45. The second kappa shape index (κ2) is 8.79. The number of nitrogens with one attached hydrogen (secondary N) is 2. The molecule has 0 aliphatic heterocycles. The molecule has 0 aliphatic carbocycles. The Hall–Kier alpha value is -2.73. The minimum absolute atomic E-state index is 0.171. The molecule has 2 N–H and O–H groups in total. The molecular weight excluding hydrogens is 332 g/mol. The van der Waals surface area contributed by atoms with Crippen LogP contribution in [0.4, 0.5) is 16.2 Å². The second-order valence-corrected chi connectivity index (χ2v) is 5.16. The van der Waals surface area contributed by atoms with Gasteiger partial charge in [-0.25, -0.2) is 4.79 Å². The fraction of sp³-hybridized carbons (Fsp3) is 0.176. The molecule has 0 aromatic heterocycles. The number of halogens is 1. The Bertz CT molecular complexity index is 721. The summed E-state index contributed by atoms with van der Waals surface area (Å²) in [7, 11) is 0. The zero-order valence-electron chi connectivity index (χ0n) is 13.0. The van der Waals surface area contributed by atoms with Crippen molar-refractivity contribution in [3.8, 4) is 5.75 Å². The number of carbonyl (C=O) groups is 2. The van der Waals surface area contributed by atoms with Gasteiger partial charge in [0.25, 0.3) is 5.91 Å². The van der Waals surface area contributed by atoms with Crippen LogP contribution in [0.15, 0.2) is 48.5 Å². The van der Waals surface area contributed by atoms with E-state index in [0.717, 1.165) is 0 Å². The van der Waals surface area contributed by atoms with Gasteiger partial charge in [0.05, 0.1) is 6.61 Å². The molecule has 2 aromatic rings. The highest BCUT2D eigenvalue weighted by Crippen LogP contribution is 2.18. The van der Waals surface area contributed by atoms with Crippen LogP contribution in [0, 0.1) is 0 Å². The average Bonchev–Trinajstić information content (AvgIpc) is 2.53. The third kappa shape index (κ3) is 5.81. The van der Waals surface area contributed by atoms with E-state index in [4.69, 9.17) is 21.1 Å². The number of amides is 2. The van der Waals surface area contributed by atoms with Crippen molar-refractivity contribution in [1.29, 1.82) is 0 Å². The summed E-state index contributed by atoms with van der Waals surface area (Å²) in [6, 6.07) is 13.5. The first-order valence-electron chi connectivity index (χ1n) is 7.29. The van der Waals surface area contributed by atoms with Crippen LogP contribution < -0.4 is 15.4 Å². The molecule has 2 rings (SSSR count). The normalized spacial score (nSPS) is 9.92. The summed E-state index contributed by atoms with van der Waals surface area (Å²) >= 11 is 5.86. The number of hydrogen-bond acceptors (Lipinski definition) is 4. The van der Waals surface area contributed by atoms with Crippen LogP contribution in [0.2, 0.25) is 5.02 Å². The number of rotatable bonds is 6. The topological polar surface area (TPSA) is 76.7 Å². The van der Waals surface area contributed by atoms with Crippen LogP contribution in [0.3, 0.4) is 0 Å². The van der Waals surface area contributed by atoms with Gasteiger partial charge in [-0.05, 0) is 37.3 Å². The van der Waals surface area contributed by atoms with Gasteiger partial charge in [-0.2, -0.15) is 0 Å². The molecule has 0 spiro atoms. The number of hydrogen-bond donors (Lipinski definition) is 2. The van der Waals surface area contributed by atoms with Gasteiger partial charge in [-0.15, -0.1) is 0 Å². The van der Waals surface area contributed by atoms with Crippen molar-refractivity contribution < 1.29 is 19.1 Å². The zero-order chi connectivity index (χ0) is 17.4. The van der Waals surface area contributed by atoms with Gasteiger partial charge < -0.3 is 14.8 Å². The predicted molar refractivity (Wildman–Crippen MR) is 92.7 cm³/mol. The van der Waals surface area contributed by atoms with Crippen molar-refractivity contribution in [2.45, 2.75) is 6.92 Å². The van der Waals surface area contributed by atoms with Crippen molar-refractivity contribution in [1.82, 2.24) is 0 Å². The van der Waals surface area contributed by atoms with Crippen molar-refractivity contribution in [3.63, 3.8) is 0 Å². The van der Waals surface area contributed by atoms with Crippen LogP contribution >= 0.6 is 11.6 Å². The molecule has 24 heavy (non-hydrogen) atoms. The summed E-state index contributed by atoms with van der Waals surface area (Å²) in [5.41, 5.74) is 1.11. The van der Waals surface area contributed by atoms with Crippen LogP contribution in [0.25, 0.3) is 0 Å². The number of carbonyl (C=O) groups excluding carboxylic acids is 2. The lowest BCUT2D eigenvalue weighted by atomic mass is 10.3. The van der Waals surface area contributed by atoms with Gasteiger partial charge in [0, 0.05) is 22.5 Å². The van der Waals surface area contributed by atoms with E-state index < -0.39 is 6.09 Å². The Morgan fingerprint density at radius 2 is 1.75 bits per heavy atom. The first kappa shape index (κ1) is 17.6. The lowest BCUT2D eigenvalue weighted by Crippen LogP contribution is -2.20. The van der Waals surface area contributed by atoms with E-state index >= 15 is 0 Å². The highest BCUT2D eigenvalue weighted by molar-refractivity contribution is 6.30. The van der Waals surface area contributed by atoms with Crippen LogP contribution in [0.5, 0.6) is 5.75 Å². The van der Waals surface area contributed by atoms with Gasteiger partial charge in [0.15, 0.2) is 6.61 Å². The summed E-state index contributed by atoms with van der Waals surface area (Å²) in [5, 5.41) is 5.77. The van der Waals surface area contributed by atoms with E-state index in [1.165, 1.54) is 0 Å². The van der Waals surface area contributed by atoms with E-state index in [2.05, 4.69) is 10.6 Å². The predicted octanol–water partition coefficient (Wildman–Crippen LogP) is 3.93. The van der Waals surface area contributed by atoms with Gasteiger partial charge in [-0.1, -0.05) is 23.7 Å². The standard InChI is InChI=1S/C17H17ClN2O4/c1-2-23-17(22)20-14-7-4-8-15(10-14)24-11-16(21)19-13-6-3-5-12(18)9-13/h3-10H,2,11H2,1H3,(H,19,21)(H,20,22). The third-order valence-corrected chi connectivity index (χ3v) is 3.07. The highest BCUT2D eigenvalue weighted by atomic mass is 35.5. The molecule has 2 amide bonds. The van der Waals surface area contributed by atoms with E-state index in [9.17, 15) is 9.59 Å². The maximum absolute atomic E-state index is 11.9. The third-order valence-electron chi connectivity index (χ3n) is 2.83. The first-order valence-corrected chi connectivity index (χ1v) is 7.66. The lowest BCUT2D eigenvalue weighted by molar-refractivity contribution is -0.118. The largest absolute Gasteiger partial charge is 0.484 e. The summed E-state index contributed by atoms with van der Waals surface area (Å²) in [4.78, 5) is 23.2. The van der Waals surface area contributed by atoms with Crippen molar-refractivity contribution in [3.05, 3.63) is 53.6 Å². The minimum Gasteiger partial charge on any atom is -0.484 e. The minimum atomic E-state index is -0.548. The molecule has 126 valence electrons. The Labute approximate surface area is 144 Å². The quantitative estimate of drug-likeness (QED) is 0.829.